The number of nitriles is 1. The lowest BCUT2D eigenvalue weighted by atomic mass is 10.2. The second-order valence-corrected chi connectivity index (χ2v) is 3.75. The van der Waals surface area contributed by atoms with Gasteiger partial charge in [-0.15, -0.1) is 0 Å². The molecule has 0 aromatic heterocycles. The number of benzene rings is 1. The SMILES string of the molecule is CCNC(=O)CCN(C)c1ccccc1C#N. The van der Waals surface area contributed by atoms with Gasteiger partial charge in [-0.1, -0.05) is 12.1 Å². The highest BCUT2D eigenvalue weighted by Crippen LogP contribution is 2.17. The zero-order chi connectivity index (χ0) is 12.7. The molecule has 0 heterocycles. The van der Waals surface area contributed by atoms with Crippen LogP contribution < -0.4 is 10.2 Å². The van der Waals surface area contributed by atoms with Crippen molar-refractivity contribution in [1.29, 1.82) is 5.26 Å². The summed E-state index contributed by atoms with van der Waals surface area (Å²) in [4.78, 5) is 13.3. The van der Waals surface area contributed by atoms with E-state index < -0.39 is 0 Å². The fourth-order valence-electron chi connectivity index (χ4n) is 1.58. The van der Waals surface area contributed by atoms with Crippen LogP contribution in [0.3, 0.4) is 0 Å². The van der Waals surface area contributed by atoms with E-state index in [1.165, 1.54) is 0 Å². The predicted octanol–water partition coefficient (Wildman–Crippen LogP) is 1.52. The first-order chi connectivity index (χ1) is 8.19. The second kappa shape index (κ2) is 6.54. The van der Waals surface area contributed by atoms with Crippen LogP contribution in [0, 0.1) is 11.3 Å². The molecule has 0 atom stereocenters. The van der Waals surface area contributed by atoms with E-state index in [9.17, 15) is 4.79 Å². The summed E-state index contributed by atoms with van der Waals surface area (Å²) in [5, 5.41) is 11.7. The lowest BCUT2D eigenvalue weighted by Crippen LogP contribution is -2.28. The molecular weight excluding hydrogens is 214 g/mol. The first-order valence-corrected chi connectivity index (χ1v) is 5.66. The van der Waals surface area contributed by atoms with Crippen molar-refractivity contribution in [2.45, 2.75) is 13.3 Å². The summed E-state index contributed by atoms with van der Waals surface area (Å²) < 4.78 is 0. The van der Waals surface area contributed by atoms with Crippen LogP contribution in [0.15, 0.2) is 24.3 Å². The monoisotopic (exact) mass is 231 g/mol. The summed E-state index contributed by atoms with van der Waals surface area (Å²) in [5.41, 5.74) is 1.49. The summed E-state index contributed by atoms with van der Waals surface area (Å²) in [5.74, 6) is 0.0359. The lowest BCUT2D eigenvalue weighted by Gasteiger charge is -2.19. The molecule has 4 heteroatoms. The van der Waals surface area contributed by atoms with Crippen molar-refractivity contribution in [3.05, 3.63) is 29.8 Å². The highest BCUT2D eigenvalue weighted by Gasteiger charge is 2.08. The number of anilines is 1. The zero-order valence-electron chi connectivity index (χ0n) is 10.2. The molecular formula is C13H17N3O. The Morgan fingerprint density at radius 2 is 2.18 bits per heavy atom. The summed E-state index contributed by atoms with van der Waals surface area (Å²) in [6.45, 7) is 3.15. The summed E-state index contributed by atoms with van der Waals surface area (Å²) >= 11 is 0. The van der Waals surface area contributed by atoms with E-state index in [0.717, 1.165) is 5.69 Å². The van der Waals surface area contributed by atoms with Crippen LogP contribution in [0.5, 0.6) is 0 Å². The van der Waals surface area contributed by atoms with E-state index in [4.69, 9.17) is 5.26 Å². The Hall–Kier alpha value is -2.02. The largest absolute Gasteiger partial charge is 0.373 e. The third kappa shape index (κ3) is 3.80. The van der Waals surface area contributed by atoms with Crippen molar-refractivity contribution in [1.82, 2.24) is 5.32 Å². The summed E-state index contributed by atoms with van der Waals surface area (Å²) in [6.07, 6.45) is 0.435. The number of para-hydroxylation sites is 1. The first-order valence-electron chi connectivity index (χ1n) is 5.66. The minimum Gasteiger partial charge on any atom is -0.373 e. The Labute approximate surface area is 102 Å². The van der Waals surface area contributed by atoms with Crippen LogP contribution in [0.25, 0.3) is 0 Å². The molecule has 0 bridgehead atoms. The Bertz CT molecular complexity index is 423. The molecule has 1 rings (SSSR count). The fourth-order valence-corrected chi connectivity index (χ4v) is 1.58. The molecule has 1 N–H and O–H groups in total. The Kier molecular flexibility index (Phi) is 5.02. The molecule has 90 valence electrons. The summed E-state index contributed by atoms with van der Waals surface area (Å²) in [7, 11) is 1.88. The van der Waals surface area contributed by atoms with Crippen molar-refractivity contribution < 1.29 is 4.79 Å². The zero-order valence-corrected chi connectivity index (χ0v) is 10.2. The van der Waals surface area contributed by atoms with Gasteiger partial charge in [0.15, 0.2) is 0 Å². The van der Waals surface area contributed by atoms with E-state index in [0.29, 0.717) is 25.1 Å². The molecule has 17 heavy (non-hydrogen) atoms. The van der Waals surface area contributed by atoms with E-state index in [1.807, 2.05) is 37.1 Å². The van der Waals surface area contributed by atoms with Gasteiger partial charge in [-0.05, 0) is 19.1 Å². The molecule has 0 spiro atoms. The summed E-state index contributed by atoms with van der Waals surface area (Å²) in [6, 6.07) is 9.53. The minimum atomic E-state index is 0.0359. The van der Waals surface area contributed by atoms with E-state index in [1.54, 1.807) is 6.07 Å². The van der Waals surface area contributed by atoms with Gasteiger partial charge in [-0.3, -0.25) is 4.79 Å². The molecule has 0 radical (unpaired) electrons. The van der Waals surface area contributed by atoms with Crippen LogP contribution in [0.4, 0.5) is 5.69 Å². The molecule has 0 unspecified atom stereocenters. The van der Waals surface area contributed by atoms with Crippen molar-refractivity contribution >= 4 is 11.6 Å². The second-order valence-electron chi connectivity index (χ2n) is 3.75. The number of carbonyl (C=O) groups excluding carboxylic acids is 1. The molecule has 4 nitrogen and oxygen atoms in total. The number of nitrogens with one attached hydrogen (secondary N) is 1. The average Bonchev–Trinajstić information content (AvgIpc) is 2.36. The number of amides is 1. The van der Waals surface area contributed by atoms with Gasteiger partial charge in [-0.2, -0.15) is 5.26 Å². The highest BCUT2D eigenvalue weighted by molar-refractivity contribution is 5.76. The molecule has 1 amide bonds. The normalized spacial score (nSPS) is 9.47. The highest BCUT2D eigenvalue weighted by atomic mass is 16.1. The molecule has 0 fully saturated rings. The maximum atomic E-state index is 11.3. The molecule has 1 aromatic rings. The molecule has 0 saturated carbocycles. The van der Waals surface area contributed by atoms with E-state index in [2.05, 4.69) is 11.4 Å². The van der Waals surface area contributed by atoms with Gasteiger partial charge in [0, 0.05) is 26.6 Å². The van der Waals surface area contributed by atoms with Crippen molar-refractivity contribution in [2.75, 3.05) is 25.0 Å². The van der Waals surface area contributed by atoms with Crippen molar-refractivity contribution in [2.24, 2.45) is 0 Å². The molecule has 1 aromatic carbocycles. The maximum absolute atomic E-state index is 11.3. The van der Waals surface area contributed by atoms with Gasteiger partial charge in [0.1, 0.15) is 6.07 Å². The van der Waals surface area contributed by atoms with Gasteiger partial charge in [0.2, 0.25) is 5.91 Å². The topological polar surface area (TPSA) is 56.1 Å². The van der Waals surface area contributed by atoms with Crippen LogP contribution in [0.1, 0.15) is 18.9 Å². The maximum Gasteiger partial charge on any atom is 0.221 e. The molecule has 0 aliphatic carbocycles. The standard InChI is InChI=1S/C13H17N3O/c1-3-15-13(17)8-9-16(2)12-7-5-4-6-11(12)10-14/h4-7H,3,8-9H2,1-2H3,(H,15,17). The van der Waals surface area contributed by atoms with Gasteiger partial charge in [-0.25, -0.2) is 0 Å². The third-order valence-corrected chi connectivity index (χ3v) is 2.48. The number of hydrogen-bond donors (Lipinski definition) is 1. The third-order valence-electron chi connectivity index (χ3n) is 2.48. The smallest absolute Gasteiger partial charge is 0.221 e. The fraction of sp³-hybridized carbons (Fsp3) is 0.385. The van der Waals surface area contributed by atoms with Crippen LogP contribution in [-0.4, -0.2) is 26.0 Å². The number of rotatable bonds is 5. The first kappa shape index (κ1) is 13.0. The van der Waals surface area contributed by atoms with Gasteiger partial charge in [0.05, 0.1) is 11.3 Å². The number of hydrogen-bond acceptors (Lipinski definition) is 3. The number of carbonyl (C=O) groups is 1. The lowest BCUT2D eigenvalue weighted by molar-refractivity contribution is -0.120. The van der Waals surface area contributed by atoms with Gasteiger partial charge < -0.3 is 10.2 Å². The van der Waals surface area contributed by atoms with E-state index in [-0.39, 0.29) is 5.91 Å². The Morgan fingerprint density at radius 1 is 1.47 bits per heavy atom. The predicted molar refractivity (Wildman–Crippen MR) is 67.7 cm³/mol. The van der Waals surface area contributed by atoms with Gasteiger partial charge in [0.25, 0.3) is 0 Å². The van der Waals surface area contributed by atoms with Crippen molar-refractivity contribution in [3.63, 3.8) is 0 Å². The molecule has 0 aliphatic heterocycles. The van der Waals surface area contributed by atoms with Crippen LogP contribution in [-0.2, 0) is 4.79 Å². The van der Waals surface area contributed by atoms with Crippen molar-refractivity contribution in [3.8, 4) is 6.07 Å². The van der Waals surface area contributed by atoms with Gasteiger partial charge >= 0.3 is 0 Å². The molecule has 0 aliphatic rings. The minimum absolute atomic E-state index is 0.0359. The van der Waals surface area contributed by atoms with Crippen LogP contribution in [0.2, 0.25) is 0 Å². The Morgan fingerprint density at radius 3 is 2.82 bits per heavy atom. The Balaban J connectivity index is 2.61. The van der Waals surface area contributed by atoms with Crippen LogP contribution >= 0.6 is 0 Å². The molecule has 0 saturated heterocycles. The average molecular weight is 231 g/mol. The van der Waals surface area contributed by atoms with E-state index >= 15 is 0 Å². The quantitative estimate of drug-likeness (QED) is 0.836. The number of nitrogens with zero attached hydrogens (tertiary/aromatic N) is 2.